The summed E-state index contributed by atoms with van der Waals surface area (Å²) in [6, 6.07) is 0.582. The lowest BCUT2D eigenvalue weighted by atomic mass is 9.89. The molecule has 0 bridgehead atoms. The lowest BCUT2D eigenvalue weighted by Gasteiger charge is -2.30. The van der Waals surface area contributed by atoms with Crippen molar-refractivity contribution in [3.05, 3.63) is 5.82 Å². The Kier molecular flexibility index (Phi) is 11.9. The van der Waals surface area contributed by atoms with Crippen LogP contribution in [0.5, 0.6) is 0 Å². The van der Waals surface area contributed by atoms with E-state index in [1.165, 1.54) is 25.7 Å². The molecule has 29 heavy (non-hydrogen) atoms. The standard InChI is InChI=1S/C20H38N6OS.HI/c1-20(2,3)16(27-5)14-23-18(21-4)22-13-9-12-17-24-25-19(28-6)26(17)15-10-7-8-11-15;/h15-16H,7-14H2,1-6H3,(H2,21,22,23);1H. The zero-order valence-electron chi connectivity index (χ0n) is 18.8. The first-order valence-corrected chi connectivity index (χ1v) is 11.6. The summed E-state index contributed by atoms with van der Waals surface area (Å²) in [5, 5.41) is 16.7. The highest BCUT2D eigenvalue weighted by molar-refractivity contribution is 14.0. The number of guanidine groups is 1. The molecule has 7 nitrogen and oxygen atoms in total. The molecule has 1 aromatic heterocycles. The first-order chi connectivity index (χ1) is 13.4. The van der Waals surface area contributed by atoms with Crippen LogP contribution in [0.15, 0.2) is 10.1 Å². The van der Waals surface area contributed by atoms with Crippen LogP contribution in [0.2, 0.25) is 0 Å². The van der Waals surface area contributed by atoms with Gasteiger partial charge in [0.25, 0.3) is 0 Å². The van der Waals surface area contributed by atoms with Crippen molar-refractivity contribution in [3.63, 3.8) is 0 Å². The summed E-state index contributed by atoms with van der Waals surface area (Å²) < 4.78 is 7.99. The number of aliphatic imine (C=N–C) groups is 1. The highest BCUT2D eigenvalue weighted by Gasteiger charge is 2.25. The van der Waals surface area contributed by atoms with Gasteiger partial charge in [-0.1, -0.05) is 45.4 Å². The summed E-state index contributed by atoms with van der Waals surface area (Å²) in [6.07, 6.45) is 9.27. The number of aromatic nitrogens is 3. The Bertz CT molecular complexity index is 625. The monoisotopic (exact) mass is 538 g/mol. The van der Waals surface area contributed by atoms with E-state index in [9.17, 15) is 0 Å². The number of aryl methyl sites for hydroxylation is 1. The fourth-order valence-electron chi connectivity index (χ4n) is 3.75. The number of hydrogen-bond donors (Lipinski definition) is 2. The zero-order chi connectivity index (χ0) is 20.6. The maximum Gasteiger partial charge on any atom is 0.191 e. The van der Waals surface area contributed by atoms with E-state index in [-0.39, 0.29) is 35.5 Å². The van der Waals surface area contributed by atoms with Crippen molar-refractivity contribution in [2.45, 2.75) is 76.6 Å². The third-order valence-electron chi connectivity index (χ3n) is 5.41. The van der Waals surface area contributed by atoms with E-state index in [1.807, 2.05) is 0 Å². The topological polar surface area (TPSA) is 76.4 Å². The van der Waals surface area contributed by atoms with Gasteiger partial charge in [-0.2, -0.15) is 0 Å². The number of nitrogens with one attached hydrogen (secondary N) is 2. The Labute approximate surface area is 197 Å². The molecule has 0 aliphatic heterocycles. The molecule has 168 valence electrons. The molecular weight excluding hydrogens is 499 g/mol. The van der Waals surface area contributed by atoms with E-state index >= 15 is 0 Å². The molecule has 1 heterocycles. The Morgan fingerprint density at radius 3 is 2.52 bits per heavy atom. The van der Waals surface area contributed by atoms with Gasteiger partial charge in [0.1, 0.15) is 5.82 Å². The Balaban J connectivity index is 0.00000420. The largest absolute Gasteiger partial charge is 0.379 e. The van der Waals surface area contributed by atoms with Crippen LogP contribution in [0.1, 0.15) is 64.7 Å². The van der Waals surface area contributed by atoms with E-state index < -0.39 is 0 Å². The predicted octanol–water partition coefficient (Wildman–Crippen LogP) is 3.89. The highest BCUT2D eigenvalue weighted by Crippen LogP contribution is 2.33. The molecule has 0 radical (unpaired) electrons. The van der Waals surface area contributed by atoms with Gasteiger partial charge < -0.3 is 19.9 Å². The minimum Gasteiger partial charge on any atom is -0.379 e. The van der Waals surface area contributed by atoms with Crippen molar-refractivity contribution in [3.8, 4) is 0 Å². The third-order valence-corrected chi connectivity index (χ3v) is 6.05. The van der Waals surface area contributed by atoms with E-state index in [1.54, 1.807) is 25.9 Å². The number of ether oxygens (including phenoxy) is 1. The minimum atomic E-state index is 0. The molecule has 0 saturated heterocycles. The van der Waals surface area contributed by atoms with Crippen LogP contribution in [-0.4, -0.2) is 60.3 Å². The van der Waals surface area contributed by atoms with Crippen molar-refractivity contribution >= 4 is 41.7 Å². The minimum absolute atomic E-state index is 0. The van der Waals surface area contributed by atoms with Crippen molar-refractivity contribution in [1.29, 1.82) is 0 Å². The SMILES string of the molecule is CN=C(NCCCc1nnc(SC)n1C1CCCC1)NCC(OC)C(C)(C)C.I. The van der Waals surface area contributed by atoms with E-state index in [0.717, 1.165) is 42.9 Å². The smallest absolute Gasteiger partial charge is 0.191 e. The molecule has 0 spiro atoms. The highest BCUT2D eigenvalue weighted by atomic mass is 127. The van der Waals surface area contributed by atoms with E-state index in [2.05, 4.69) is 57.4 Å². The summed E-state index contributed by atoms with van der Waals surface area (Å²) in [4.78, 5) is 4.32. The van der Waals surface area contributed by atoms with Crippen molar-refractivity contribution in [2.24, 2.45) is 10.4 Å². The Hall–Kier alpha value is -0.550. The first kappa shape index (κ1) is 26.5. The van der Waals surface area contributed by atoms with E-state index in [0.29, 0.717) is 6.04 Å². The summed E-state index contributed by atoms with van der Waals surface area (Å²) in [7, 11) is 3.56. The van der Waals surface area contributed by atoms with Crippen LogP contribution in [-0.2, 0) is 11.2 Å². The average molecular weight is 539 g/mol. The van der Waals surface area contributed by atoms with E-state index in [4.69, 9.17) is 4.74 Å². The second kappa shape index (κ2) is 13.0. The zero-order valence-corrected chi connectivity index (χ0v) is 22.0. The maximum absolute atomic E-state index is 5.60. The summed E-state index contributed by atoms with van der Waals surface area (Å²) in [5.74, 6) is 1.93. The molecule has 2 rings (SSSR count). The van der Waals surface area contributed by atoms with Gasteiger partial charge in [0.05, 0.1) is 6.10 Å². The normalized spacial score (nSPS) is 16.6. The van der Waals surface area contributed by atoms with Crippen molar-refractivity contribution < 1.29 is 4.74 Å². The van der Waals surface area contributed by atoms with Gasteiger partial charge >= 0.3 is 0 Å². The number of nitrogens with zero attached hydrogens (tertiary/aromatic N) is 4. The summed E-state index contributed by atoms with van der Waals surface area (Å²) in [6.45, 7) is 8.12. The lowest BCUT2D eigenvalue weighted by Crippen LogP contribution is -2.45. The molecule has 1 saturated carbocycles. The number of hydrogen-bond acceptors (Lipinski definition) is 5. The second-order valence-electron chi connectivity index (χ2n) is 8.49. The van der Waals surface area contributed by atoms with Gasteiger partial charge in [-0.15, -0.1) is 34.2 Å². The van der Waals surface area contributed by atoms with Crippen LogP contribution >= 0.6 is 35.7 Å². The molecule has 2 N–H and O–H groups in total. The molecule has 1 aliphatic carbocycles. The fraction of sp³-hybridized carbons (Fsp3) is 0.850. The number of methoxy groups -OCH3 is 1. The summed E-state index contributed by atoms with van der Waals surface area (Å²) >= 11 is 1.70. The van der Waals surface area contributed by atoms with Crippen molar-refractivity contribution in [2.75, 3.05) is 33.5 Å². The number of halogens is 1. The molecule has 0 aromatic carbocycles. The Morgan fingerprint density at radius 2 is 1.97 bits per heavy atom. The lowest BCUT2D eigenvalue weighted by molar-refractivity contribution is 0.0205. The van der Waals surface area contributed by atoms with Crippen LogP contribution in [0.4, 0.5) is 0 Å². The van der Waals surface area contributed by atoms with Gasteiger partial charge in [-0.25, -0.2) is 0 Å². The average Bonchev–Trinajstić information content (AvgIpc) is 3.31. The van der Waals surface area contributed by atoms with Gasteiger partial charge in [0.15, 0.2) is 11.1 Å². The summed E-state index contributed by atoms with van der Waals surface area (Å²) in [5.41, 5.74) is 0.0832. The molecular formula is C20H39IN6OS. The quantitative estimate of drug-likeness (QED) is 0.163. The van der Waals surface area contributed by atoms with Crippen LogP contribution in [0.3, 0.4) is 0 Å². The van der Waals surface area contributed by atoms with Crippen LogP contribution in [0, 0.1) is 5.41 Å². The molecule has 1 atom stereocenters. The number of thioether (sulfide) groups is 1. The second-order valence-corrected chi connectivity index (χ2v) is 9.26. The van der Waals surface area contributed by atoms with Gasteiger partial charge in [-0.05, 0) is 30.9 Å². The molecule has 1 aromatic rings. The fourth-order valence-corrected chi connectivity index (χ4v) is 4.33. The van der Waals surface area contributed by atoms with Gasteiger partial charge in [-0.3, -0.25) is 4.99 Å². The van der Waals surface area contributed by atoms with Gasteiger partial charge in [0.2, 0.25) is 0 Å². The van der Waals surface area contributed by atoms with Gasteiger partial charge in [0, 0.05) is 39.7 Å². The predicted molar refractivity (Wildman–Crippen MR) is 133 cm³/mol. The molecule has 9 heteroatoms. The molecule has 1 fully saturated rings. The number of rotatable bonds is 9. The van der Waals surface area contributed by atoms with Crippen molar-refractivity contribution in [1.82, 2.24) is 25.4 Å². The molecule has 1 aliphatic rings. The molecule has 1 unspecified atom stereocenters. The van der Waals surface area contributed by atoms with Crippen LogP contribution in [0.25, 0.3) is 0 Å². The first-order valence-electron chi connectivity index (χ1n) is 10.4. The maximum atomic E-state index is 5.60. The third kappa shape index (κ3) is 7.90. The molecule has 0 amide bonds. The van der Waals surface area contributed by atoms with Crippen LogP contribution < -0.4 is 10.6 Å². The Morgan fingerprint density at radius 1 is 1.28 bits per heavy atom.